The first-order chi connectivity index (χ1) is 12.3. The normalized spacial score (nSPS) is 15.4. The molecule has 1 aliphatic carbocycles. The van der Waals surface area contributed by atoms with Crippen LogP contribution >= 0.6 is 0 Å². The molecule has 1 heterocycles. The van der Waals surface area contributed by atoms with Gasteiger partial charge in [-0.05, 0) is 51.0 Å². The van der Waals surface area contributed by atoms with Crippen molar-refractivity contribution >= 4 is 5.96 Å². The summed E-state index contributed by atoms with van der Waals surface area (Å²) in [6.07, 6.45) is 9.18. The Morgan fingerprint density at radius 3 is 2.76 bits per heavy atom. The molecule has 0 amide bonds. The fourth-order valence-electron chi connectivity index (χ4n) is 2.85. The zero-order valence-corrected chi connectivity index (χ0v) is 15.6. The number of nitrogens with one attached hydrogen (secondary N) is 2. The third kappa shape index (κ3) is 7.73. The molecular weight excluding hydrogens is 316 g/mol. The lowest BCUT2D eigenvalue weighted by Gasteiger charge is -2.13. The van der Waals surface area contributed by atoms with Crippen LogP contribution in [0.3, 0.4) is 0 Å². The van der Waals surface area contributed by atoms with Crippen LogP contribution in [0.25, 0.3) is 0 Å². The van der Waals surface area contributed by atoms with Crippen molar-refractivity contribution in [1.29, 1.82) is 0 Å². The van der Waals surface area contributed by atoms with E-state index in [1.54, 1.807) is 7.05 Å². The average Bonchev–Trinajstić information content (AvgIpc) is 3.15. The molecular formula is C19H32N4O2. The van der Waals surface area contributed by atoms with E-state index < -0.39 is 0 Å². The van der Waals surface area contributed by atoms with Crippen LogP contribution in [0.15, 0.2) is 23.3 Å². The molecule has 0 saturated heterocycles. The smallest absolute Gasteiger partial charge is 0.213 e. The number of aromatic nitrogens is 1. The Morgan fingerprint density at radius 1 is 1.24 bits per heavy atom. The zero-order chi connectivity index (χ0) is 17.7. The molecule has 6 heteroatoms. The second-order valence-corrected chi connectivity index (χ2v) is 6.29. The van der Waals surface area contributed by atoms with E-state index in [9.17, 15) is 0 Å². The van der Waals surface area contributed by atoms with Crippen LogP contribution in [0.4, 0.5) is 0 Å². The highest BCUT2D eigenvalue weighted by atomic mass is 16.5. The molecule has 1 aliphatic rings. The summed E-state index contributed by atoms with van der Waals surface area (Å²) in [6.45, 7) is 5.21. The van der Waals surface area contributed by atoms with E-state index in [2.05, 4.69) is 26.7 Å². The fourth-order valence-corrected chi connectivity index (χ4v) is 2.85. The Bertz CT molecular complexity index is 499. The number of aliphatic imine (C=N–C) groups is 1. The predicted octanol–water partition coefficient (Wildman–Crippen LogP) is 2.88. The minimum absolute atomic E-state index is 0.349. The maximum atomic E-state index is 5.89. The number of ether oxygens (including phenoxy) is 2. The maximum Gasteiger partial charge on any atom is 0.213 e. The lowest BCUT2D eigenvalue weighted by Crippen LogP contribution is -2.37. The minimum atomic E-state index is 0.349. The molecule has 0 aromatic carbocycles. The second kappa shape index (κ2) is 11.7. The lowest BCUT2D eigenvalue weighted by molar-refractivity contribution is 0.143. The number of hydrogen-bond acceptors (Lipinski definition) is 4. The van der Waals surface area contributed by atoms with Crippen molar-refractivity contribution in [3.63, 3.8) is 0 Å². The summed E-state index contributed by atoms with van der Waals surface area (Å²) in [5.41, 5.74) is 1.11. The number of pyridine rings is 1. The molecule has 2 rings (SSSR count). The Labute approximate surface area is 151 Å². The van der Waals surface area contributed by atoms with Crippen molar-refractivity contribution in [2.24, 2.45) is 4.99 Å². The molecule has 0 bridgehead atoms. The molecule has 1 saturated carbocycles. The first-order valence-corrected chi connectivity index (χ1v) is 9.45. The van der Waals surface area contributed by atoms with Gasteiger partial charge in [-0.15, -0.1) is 0 Å². The van der Waals surface area contributed by atoms with Crippen LogP contribution in [0.2, 0.25) is 0 Å². The molecule has 0 radical (unpaired) electrons. The van der Waals surface area contributed by atoms with Gasteiger partial charge in [0.1, 0.15) is 6.10 Å². The summed E-state index contributed by atoms with van der Waals surface area (Å²) in [7, 11) is 1.78. The highest BCUT2D eigenvalue weighted by molar-refractivity contribution is 5.79. The molecule has 0 spiro atoms. The maximum absolute atomic E-state index is 5.89. The number of nitrogens with zero attached hydrogens (tertiary/aromatic N) is 2. The quantitative estimate of drug-likeness (QED) is 0.387. The van der Waals surface area contributed by atoms with E-state index in [0.29, 0.717) is 12.6 Å². The van der Waals surface area contributed by atoms with Crippen molar-refractivity contribution < 1.29 is 9.47 Å². The zero-order valence-electron chi connectivity index (χ0n) is 15.6. The predicted molar refractivity (Wildman–Crippen MR) is 101 cm³/mol. The summed E-state index contributed by atoms with van der Waals surface area (Å²) in [5, 5.41) is 6.62. The summed E-state index contributed by atoms with van der Waals surface area (Å²) in [6, 6.07) is 4.01. The first-order valence-electron chi connectivity index (χ1n) is 9.45. The topological polar surface area (TPSA) is 67.8 Å². The van der Waals surface area contributed by atoms with Gasteiger partial charge in [-0.3, -0.25) is 4.99 Å². The van der Waals surface area contributed by atoms with Crippen molar-refractivity contribution in [3.8, 4) is 5.88 Å². The number of rotatable bonds is 10. The van der Waals surface area contributed by atoms with Crippen LogP contribution in [-0.2, 0) is 11.3 Å². The first kappa shape index (κ1) is 19.5. The Kier molecular flexibility index (Phi) is 9.12. The monoisotopic (exact) mass is 348 g/mol. The van der Waals surface area contributed by atoms with Crippen LogP contribution < -0.4 is 15.4 Å². The molecule has 1 aromatic heterocycles. The van der Waals surface area contributed by atoms with Gasteiger partial charge in [-0.25, -0.2) is 4.98 Å². The van der Waals surface area contributed by atoms with Crippen molar-refractivity contribution in [2.75, 3.05) is 26.8 Å². The van der Waals surface area contributed by atoms with E-state index in [4.69, 9.17) is 9.47 Å². The summed E-state index contributed by atoms with van der Waals surface area (Å²) in [5.74, 6) is 1.54. The average molecular weight is 348 g/mol. The van der Waals surface area contributed by atoms with E-state index >= 15 is 0 Å². The molecule has 6 nitrogen and oxygen atoms in total. The molecule has 1 aromatic rings. The third-order valence-corrected chi connectivity index (χ3v) is 4.28. The van der Waals surface area contributed by atoms with E-state index in [0.717, 1.165) is 62.8 Å². The summed E-state index contributed by atoms with van der Waals surface area (Å²) >= 11 is 0. The van der Waals surface area contributed by atoms with Crippen LogP contribution in [-0.4, -0.2) is 43.9 Å². The van der Waals surface area contributed by atoms with Gasteiger partial charge >= 0.3 is 0 Å². The van der Waals surface area contributed by atoms with E-state index in [1.807, 2.05) is 19.2 Å². The lowest BCUT2D eigenvalue weighted by atomic mass is 10.3. The molecule has 0 atom stereocenters. The molecule has 0 unspecified atom stereocenters. The fraction of sp³-hybridized carbons (Fsp3) is 0.684. The highest BCUT2D eigenvalue weighted by Gasteiger charge is 2.16. The van der Waals surface area contributed by atoms with Crippen LogP contribution in [0.1, 0.15) is 51.0 Å². The Morgan fingerprint density at radius 2 is 2.08 bits per heavy atom. The molecule has 1 fully saturated rings. The van der Waals surface area contributed by atoms with Crippen molar-refractivity contribution in [1.82, 2.24) is 15.6 Å². The third-order valence-electron chi connectivity index (χ3n) is 4.28. The largest absolute Gasteiger partial charge is 0.474 e. The van der Waals surface area contributed by atoms with Gasteiger partial charge in [0.05, 0.1) is 0 Å². The Balaban J connectivity index is 1.64. The van der Waals surface area contributed by atoms with Crippen LogP contribution in [0, 0.1) is 0 Å². The Hall–Kier alpha value is -1.82. The van der Waals surface area contributed by atoms with Gasteiger partial charge < -0.3 is 20.1 Å². The highest BCUT2D eigenvalue weighted by Crippen LogP contribution is 2.22. The van der Waals surface area contributed by atoms with Gasteiger partial charge in [-0.1, -0.05) is 6.07 Å². The standard InChI is InChI=1S/C19H32N4O2/c1-3-24-13-7-6-12-21-19(20-2)23-15-16-10-11-18(22-14-16)25-17-8-4-5-9-17/h10-11,14,17H,3-9,12-13,15H2,1-2H3,(H2,20,21,23). The molecule has 25 heavy (non-hydrogen) atoms. The molecule has 2 N–H and O–H groups in total. The van der Waals surface area contributed by atoms with Gasteiger partial charge in [0.25, 0.3) is 0 Å². The second-order valence-electron chi connectivity index (χ2n) is 6.29. The summed E-state index contributed by atoms with van der Waals surface area (Å²) < 4.78 is 11.2. The summed E-state index contributed by atoms with van der Waals surface area (Å²) in [4.78, 5) is 8.65. The number of guanidine groups is 1. The van der Waals surface area contributed by atoms with Crippen LogP contribution in [0.5, 0.6) is 5.88 Å². The number of unbranched alkanes of at least 4 members (excludes halogenated alkanes) is 1. The van der Waals surface area contributed by atoms with Crippen molar-refractivity contribution in [2.45, 2.75) is 58.1 Å². The number of hydrogen-bond donors (Lipinski definition) is 2. The SMILES string of the molecule is CCOCCCCNC(=NC)NCc1ccc(OC2CCCC2)nc1. The minimum Gasteiger partial charge on any atom is -0.474 e. The molecule has 140 valence electrons. The van der Waals surface area contributed by atoms with E-state index in [-0.39, 0.29) is 0 Å². The van der Waals surface area contributed by atoms with Gasteiger partial charge in [0.2, 0.25) is 5.88 Å². The molecule has 0 aliphatic heterocycles. The van der Waals surface area contributed by atoms with Gasteiger partial charge in [0, 0.05) is 45.6 Å². The van der Waals surface area contributed by atoms with E-state index in [1.165, 1.54) is 12.8 Å². The van der Waals surface area contributed by atoms with Gasteiger partial charge in [0.15, 0.2) is 5.96 Å². The van der Waals surface area contributed by atoms with Crippen molar-refractivity contribution in [3.05, 3.63) is 23.9 Å². The van der Waals surface area contributed by atoms with Gasteiger partial charge in [-0.2, -0.15) is 0 Å².